The van der Waals surface area contributed by atoms with Crippen molar-refractivity contribution in [2.24, 2.45) is 28.6 Å². The van der Waals surface area contributed by atoms with Crippen molar-refractivity contribution in [3.05, 3.63) is 74.8 Å². The van der Waals surface area contributed by atoms with E-state index >= 15 is 0 Å². The van der Waals surface area contributed by atoms with Crippen molar-refractivity contribution in [1.82, 2.24) is 25.5 Å². The van der Waals surface area contributed by atoms with Gasteiger partial charge in [0.1, 0.15) is 5.82 Å². The first-order valence-electron chi connectivity index (χ1n) is 20.6. The molecule has 1 spiro atoms. The molecule has 4 saturated carbocycles. The molecule has 3 heterocycles. The van der Waals surface area contributed by atoms with Crippen LogP contribution in [0, 0.1) is 47.8 Å². The highest BCUT2D eigenvalue weighted by atomic mass is 16.2. The van der Waals surface area contributed by atoms with Crippen LogP contribution in [0.4, 0.5) is 11.5 Å². The minimum absolute atomic E-state index is 0.0783. The number of nitrogens with one attached hydrogen (secondary N) is 5. The number of piperazine rings is 1. The molecule has 0 radical (unpaired) electrons. The standard InChI is InChI=1S/C44H58N8O3/c1-27(2)49-38-19-32(18-35(36(38)24-45)41(54)48-26-37-28(3)16-29(4)50-42(37)55)31-7-8-39(47-25-31)52-14-12-51(13-15-52)11-10-46-40(53)6-5-9-43-21-30-17-33-20-34(23-43)44(33,43)22-30/h7-8,16,18-19,24-25,27,30,33-34,45,49H,5-6,9-15,17,20-23,26H2,1-4H3,(H,46,53)(H,48,54)(H,50,55). The Morgan fingerprint density at radius 2 is 1.84 bits per heavy atom. The average Bonchev–Trinajstić information content (AvgIpc) is 3.64. The number of hydrogen-bond acceptors (Lipinski definition) is 8. The van der Waals surface area contributed by atoms with Crippen LogP contribution < -0.4 is 26.4 Å². The van der Waals surface area contributed by atoms with Crippen LogP contribution >= 0.6 is 0 Å². The Balaban J connectivity index is 0.830. The number of rotatable bonds is 15. The van der Waals surface area contributed by atoms with Gasteiger partial charge in [0, 0.05) is 98.8 Å². The lowest BCUT2D eigenvalue weighted by Crippen LogP contribution is -2.66. The molecule has 1 saturated heterocycles. The molecule has 4 aliphatic carbocycles. The van der Waals surface area contributed by atoms with E-state index in [2.05, 4.69) is 30.7 Å². The van der Waals surface area contributed by atoms with Gasteiger partial charge in [0.15, 0.2) is 0 Å². The van der Waals surface area contributed by atoms with Crippen LogP contribution in [0.15, 0.2) is 41.3 Å². The van der Waals surface area contributed by atoms with Crippen molar-refractivity contribution in [2.75, 3.05) is 49.5 Å². The molecule has 3 aromatic rings. The van der Waals surface area contributed by atoms with Gasteiger partial charge in [0.05, 0.1) is 5.56 Å². The molecule has 2 aromatic heterocycles. The van der Waals surface area contributed by atoms with Crippen LogP contribution in [0.3, 0.4) is 0 Å². The second kappa shape index (κ2) is 14.9. The predicted molar refractivity (Wildman–Crippen MR) is 218 cm³/mol. The third-order valence-corrected chi connectivity index (χ3v) is 14.1. The number of anilines is 2. The fourth-order valence-electron chi connectivity index (χ4n) is 11.8. The number of benzene rings is 1. The number of amides is 2. The molecule has 8 rings (SSSR count). The number of hydrogen-bond donors (Lipinski definition) is 5. The Labute approximate surface area is 325 Å². The highest BCUT2D eigenvalue weighted by Gasteiger charge is 2.79. The Kier molecular flexibility index (Phi) is 10.1. The molecule has 5 atom stereocenters. The van der Waals surface area contributed by atoms with E-state index in [-0.39, 0.29) is 30.0 Å². The lowest BCUT2D eigenvalue weighted by Gasteiger charge is -2.73. The third kappa shape index (κ3) is 6.87. The van der Waals surface area contributed by atoms with Crippen molar-refractivity contribution < 1.29 is 9.59 Å². The second-order valence-electron chi connectivity index (χ2n) is 17.7. The lowest BCUT2D eigenvalue weighted by atomic mass is 9.31. The van der Waals surface area contributed by atoms with Gasteiger partial charge in [-0.1, -0.05) is 0 Å². The molecule has 2 amide bonds. The Morgan fingerprint density at radius 1 is 1.02 bits per heavy atom. The van der Waals surface area contributed by atoms with E-state index in [4.69, 9.17) is 10.4 Å². The maximum absolute atomic E-state index is 13.6. The topological polar surface area (TPSA) is 146 Å². The molecule has 5 aliphatic rings. The molecular formula is C44H58N8O3. The number of aryl methyl sites for hydroxylation is 2. The normalized spacial score (nSPS) is 26.3. The van der Waals surface area contributed by atoms with Gasteiger partial charge >= 0.3 is 0 Å². The fraction of sp³-hybridized carbons (Fsp3) is 0.568. The lowest BCUT2D eigenvalue weighted by molar-refractivity contribution is -0.247. The van der Waals surface area contributed by atoms with Gasteiger partial charge in [-0.3, -0.25) is 19.3 Å². The van der Waals surface area contributed by atoms with Gasteiger partial charge < -0.3 is 31.2 Å². The monoisotopic (exact) mass is 746 g/mol. The first-order valence-corrected chi connectivity index (χ1v) is 20.6. The third-order valence-electron chi connectivity index (χ3n) is 14.1. The number of carbonyl (C=O) groups is 2. The maximum Gasteiger partial charge on any atom is 0.253 e. The summed E-state index contributed by atoms with van der Waals surface area (Å²) < 4.78 is 0. The summed E-state index contributed by atoms with van der Waals surface area (Å²) in [5.74, 6) is 3.80. The molecule has 11 nitrogen and oxygen atoms in total. The smallest absolute Gasteiger partial charge is 0.253 e. The molecule has 55 heavy (non-hydrogen) atoms. The summed E-state index contributed by atoms with van der Waals surface area (Å²) in [6.45, 7) is 12.9. The first kappa shape index (κ1) is 37.4. The predicted octanol–water partition coefficient (Wildman–Crippen LogP) is 6.04. The minimum atomic E-state index is -0.360. The van der Waals surface area contributed by atoms with Crippen molar-refractivity contribution in [1.29, 1.82) is 5.41 Å². The number of nitrogens with zero attached hydrogens (tertiary/aromatic N) is 3. The number of carbonyl (C=O) groups excluding carboxylic acids is 2. The summed E-state index contributed by atoms with van der Waals surface area (Å²) in [7, 11) is 0. The van der Waals surface area contributed by atoms with Crippen molar-refractivity contribution in [3.8, 4) is 11.1 Å². The highest BCUT2D eigenvalue weighted by molar-refractivity contribution is 6.06. The molecular weight excluding hydrogens is 689 g/mol. The van der Waals surface area contributed by atoms with Gasteiger partial charge in [0.2, 0.25) is 5.91 Å². The van der Waals surface area contributed by atoms with Crippen LogP contribution in [-0.4, -0.2) is 78.2 Å². The molecule has 2 bridgehead atoms. The fourth-order valence-corrected chi connectivity index (χ4v) is 11.8. The van der Waals surface area contributed by atoms with Crippen molar-refractivity contribution >= 4 is 29.5 Å². The van der Waals surface area contributed by atoms with E-state index in [9.17, 15) is 14.4 Å². The van der Waals surface area contributed by atoms with Gasteiger partial charge in [-0.15, -0.1) is 0 Å². The van der Waals surface area contributed by atoms with Gasteiger partial charge in [0.25, 0.3) is 11.5 Å². The van der Waals surface area contributed by atoms with Gasteiger partial charge in [-0.2, -0.15) is 0 Å². The summed E-state index contributed by atoms with van der Waals surface area (Å²) in [5.41, 5.74) is 6.39. The van der Waals surface area contributed by atoms with Crippen LogP contribution in [0.2, 0.25) is 0 Å². The average molecular weight is 747 g/mol. The van der Waals surface area contributed by atoms with E-state index in [1.807, 2.05) is 58.2 Å². The number of H-pyrrole nitrogens is 1. The largest absolute Gasteiger partial charge is 0.382 e. The molecule has 1 aliphatic heterocycles. The van der Waals surface area contributed by atoms with Crippen LogP contribution in [0.25, 0.3) is 11.1 Å². The highest BCUT2D eigenvalue weighted by Crippen LogP contribution is 2.87. The number of aromatic nitrogens is 2. The maximum atomic E-state index is 13.6. The second-order valence-corrected chi connectivity index (χ2v) is 17.7. The zero-order valence-electron chi connectivity index (χ0n) is 33.0. The van der Waals surface area contributed by atoms with Crippen LogP contribution in [0.1, 0.15) is 98.0 Å². The van der Waals surface area contributed by atoms with E-state index < -0.39 is 0 Å². The van der Waals surface area contributed by atoms with Gasteiger partial charge in [-0.05, 0) is 143 Å². The van der Waals surface area contributed by atoms with Crippen molar-refractivity contribution in [3.63, 3.8) is 0 Å². The number of pyridine rings is 2. The summed E-state index contributed by atoms with van der Waals surface area (Å²) >= 11 is 0. The van der Waals surface area contributed by atoms with Crippen molar-refractivity contribution in [2.45, 2.75) is 91.6 Å². The van der Waals surface area contributed by atoms with E-state index in [0.717, 1.165) is 85.1 Å². The Morgan fingerprint density at radius 3 is 2.53 bits per heavy atom. The Hall–Kier alpha value is -4.51. The molecule has 292 valence electrons. The van der Waals surface area contributed by atoms with Crippen LogP contribution in [0.5, 0.6) is 0 Å². The summed E-state index contributed by atoms with van der Waals surface area (Å²) in [4.78, 5) is 51.3. The molecule has 1 aromatic carbocycles. The Bertz CT molecular complexity index is 2020. The molecule has 5 N–H and O–H groups in total. The summed E-state index contributed by atoms with van der Waals surface area (Å²) in [5, 5.41) is 17.7. The SMILES string of the molecule is Cc1cc(C)c(CNC(=O)c2cc(-c3ccc(N4CCN(CCNC(=O)CCCC56CC7CC8CC(C5)C86C7)CC4)nc3)cc(NC(C)C)c2C=N)c(=O)[nH]1. The van der Waals surface area contributed by atoms with E-state index in [1.54, 1.807) is 6.07 Å². The molecule has 5 unspecified atom stereocenters. The minimum Gasteiger partial charge on any atom is -0.382 e. The molecule has 5 fully saturated rings. The number of aromatic amines is 1. The van der Waals surface area contributed by atoms with Crippen LogP contribution in [-0.2, 0) is 11.3 Å². The first-order chi connectivity index (χ1) is 26.5. The quantitative estimate of drug-likeness (QED) is 0.119. The van der Waals surface area contributed by atoms with E-state index in [0.29, 0.717) is 46.2 Å². The summed E-state index contributed by atoms with van der Waals surface area (Å²) in [6, 6.07) is 9.79. The summed E-state index contributed by atoms with van der Waals surface area (Å²) in [6.07, 6.45) is 13.4. The van der Waals surface area contributed by atoms with Gasteiger partial charge in [-0.25, -0.2) is 4.98 Å². The van der Waals surface area contributed by atoms with E-state index in [1.165, 1.54) is 44.7 Å². The zero-order valence-corrected chi connectivity index (χ0v) is 33.0. The number of fused-ring (bicyclic) bond motifs is 1. The molecule has 11 heteroatoms. The zero-order chi connectivity index (χ0) is 38.5.